The summed E-state index contributed by atoms with van der Waals surface area (Å²) in [5, 5.41) is 3.47. The molecule has 106 valence electrons. The van der Waals surface area contributed by atoms with Gasteiger partial charge in [-0.3, -0.25) is 4.98 Å². The molecular formula is C17H23N3. The van der Waals surface area contributed by atoms with Crippen LogP contribution in [0.1, 0.15) is 11.3 Å². The Bertz CT molecular complexity index is 470. The SMILES string of the molecule is CN(CCNCc1ccccc1)CCc1ccccn1. The molecule has 20 heavy (non-hydrogen) atoms. The molecule has 0 saturated heterocycles. The molecule has 0 atom stereocenters. The maximum absolute atomic E-state index is 4.34. The highest BCUT2D eigenvalue weighted by atomic mass is 15.1. The van der Waals surface area contributed by atoms with Crippen LogP contribution in [0.25, 0.3) is 0 Å². The second-order valence-corrected chi connectivity index (χ2v) is 5.04. The van der Waals surface area contributed by atoms with Crippen molar-refractivity contribution in [2.75, 3.05) is 26.7 Å². The van der Waals surface area contributed by atoms with Crippen LogP contribution in [0.5, 0.6) is 0 Å². The van der Waals surface area contributed by atoms with E-state index in [2.05, 4.69) is 58.6 Å². The van der Waals surface area contributed by atoms with Gasteiger partial charge in [0.1, 0.15) is 0 Å². The van der Waals surface area contributed by atoms with Gasteiger partial charge < -0.3 is 10.2 Å². The van der Waals surface area contributed by atoms with Crippen molar-refractivity contribution in [3.8, 4) is 0 Å². The Hall–Kier alpha value is -1.71. The summed E-state index contributed by atoms with van der Waals surface area (Å²) in [6.45, 7) is 4.05. The summed E-state index contributed by atoms with van der Waals surface area (Å²) in [4.78, 5) is 6.68. The van der Waals surface area contributed by atoms with Crippen LogP contribution < -0.4 is 5.32 Å². The van der Waals surface area contributed by atoms with E-state index in [1.807, 2.05) is 18.3 Å². The van der Waals surface area contributed by atoms with E-state index in [0.29, 0.717) is 0 Å². The fourth-order valence-corrected chi connectivity index (χ4v) is 2.06. The third-order valence-electron chi connectivity index (χ3n) is 3.32. The smallest absolute Gasteiger partial charge is 0.0416 e. The molecule has 0 aliphatic rings. The minimum absolute atomic E-state index is 0.939. The summed E-state index contributed by atoms with van der Waals surface area (Å²) in [5.41, 5.74) is 2.50. The number of nitrogens with one attached hydrogen (secondary N) is 1. The first-order chi connectivity index (χ1) is 9.84. The molecule has 0 fully saturated rings. The molecule has 0 unspecified atom stereocenters. The molecule has 0 saturated carbocycles. The zero-order chi connectivity index (χ0) is 14.0. The first-order valence-electron chi connectivity index (χ1n) is 7.18. The van der Waals surface area contributed by atoms with E-state index in [0.717, 1.165) is 38.3 Å². The normalized spacial score (nSPS) is 10.9. The van der Waals surface area contributed by atoms with Crippen molar-refractivity contribution < 1.29 is 0 Å². The van der Waals surface area contributed by atoms with Crippen molar-refractivity contribution in [3.05, 3.63) is 66.0 Å². The van der Waals surface area contributed by atoms with Crippen LogP contribution >= 0.6 is 0 Å². The van der Waals surface area contributed by atoms with E-state index in [9.17, 15) is 0 Å². The average Bonchev–Trinajstić information content (AvgIpc) is 2.52. The summed E-state index contributed by atoms with van der Waals surface area (Å²) >= 11 is 0. The maximum Gasteiger partial charge on any atom is 0.0416 e. The fourth-order valence-electron chi connectivity index (χ4n) is 2.06. The van der Waals surface area contributed by atoms with Crippen molar-refractivity contribution in [1.82, 2.24) is 15.2 Å². The van der Waals surface area contributed by atoms with Gasteiger partial charge in [-0.2, -0.15) is 0 Å². The summed E-state index contributed by atoms with van der Waals surface area (Å²) in [5.74, 6) is 0. The van der Waals surface area contributed by atoms with Crippen LogP contribution in [0, 0.1) is 0 Å². The fraction of sp³-hybridized carbons (Fsp3) is 0.353. The number of hydrogen-bond donors (Lipinski definition) is 1. The van der Waals surface area contributed by atoms with Crippen LogP contribution in [0.15, 0.2) is 54.7 Å². The first-order valence-corrected chi connectivity index (χ1v) is 7.18. The lowest BCUT2D eigenvalue weighted by atomic mass is 10.2. The van der Waals surface area contributed by atoms with Gasteiger partial charge >= 0.3 is 0 Å². The summed E-state index contributed by atoms with van der Waals surface area (Å²) in [6, 6.07) is 16.6. The molecule has 1 heterocycles. The topological polar surface area (TPSA) is 28.2 Å². The summed E-state index contributed by atoms with van der Waals surface area (Å²) in [7, 11) is 2.16. The maximum atomic E-state index is 4.34. The molecule has 0 aliphatic carbocycles. The van der Waals surface area contributed by atoms with Gasteiger partial charge in [0.25, 0.3) is 0 Å². The quantitative estimate of drug-likeness (QED) is 0.746. The number of pyridine rings is 1. The van der Waals surface area contributed by atoms with E-state index in [-0.39, 0.29) is 0 Å². The number of hydrogen-bond acceptors (Lipinski definition) is 3. The second-order valence-electron chi connectivity index (χ2n) is 5.04. The van der Waals surface area contributed by atoms with E-state index in [1.165, 1.54) is 5.56 Å². The van der Waals surface area contributed by atoms with Gasteiger partial charge in [-0.1, -0.05) is 36.4 Å². The number of likely N-dealkylation sites (N-methyl/N-ethyl adjacent to an activating group) is 1. The highest BCUT2D eigenvalue weighted by molar-refractivity contribution is 5.14. The van der Waals surface area contributed by atoms with E-state index < -0.39 is 0 Å². The molecule has 1 aromatic heterocycles. The van der Waals surface area contributed by atoms with Gasteiger partial charge in [-0.25, -0.2) is 0 Å². The Labute approximate surface area is 121 Å². The van der Waals surface area contributed by atoms with Crippen molar-refractivity contribution in [2.24, 2.45) is 0 Å². The zero-order valence-electron chi connectivity index (χ0n) is 12.1. The van der Waals surface area contributed by atoms with Crippen LogP contribution in [0.4, 0.5) is 0 Å². The molecule has 0 amide bonds. The molecule has 2 rings (SSSR count). The lowest BCUT2D eigenvalue weighted by Crippen LogP contribution is -2.30. The molecule has 0 bridgehead atoms. The average molecular weight is 269 g/mol. The number of aromatic nitrogens is 1. The van der Waals surface area contributed by atoms with Crippen molar-refractivity contribution in [3.63, 3.8) is 0 Å². The minimum Gasteiger partial charge on any atom is -0.311 e. The Balaban J connectivity index is 1.57. The highest BCUT2D eigenvalue weighted by Gasteiger charge is 2.00. The first kappa shape index (κ1) is 14.7. The zero-order valence-corrected chi connectivity index (χ0v) is 12.1. The Morgan fingerprint density at radius 3 is 2.55 bits per heavy atom. The Morgan fingerprint density at radius 2 is 1.80 bits per heavy atom. The summed E-state index contributed by atoms with van der Waals surface area (Å²) < 4.78 is 0. The molecule has 2 aromatic rings. The highest BCUT2D eigenvalue weighted by Crippen LogP contribution is 1.98. The molecule has 1 N–H and O–H groups in total. The van der Waals surface area contributed by atoms with Gasteiger partial charge in [-0.05, 0) is 24.7 Å². The third kappa shape index (κ3) is 5.51. The van der Waals surface area contributed by atoms with Crippen molar-refractivity contribution >= 4 is 0 Å². The van der Waals surface area contributed by atoms with Crippen molar-refractivity contribution in [2.45, 2.75) is 13.0 Å². The lowest BCUT2D eigenvalue weighted by Gasteiger charge is -2.16. The lowest BCUT2D eigenvalue weighted by molar-refractivity contribution is 0.334. The summed E-state index contributed by atoms with van der Waals surface area (Å²) in [6.07, 6.45) is 2.87. The van der Waals surface area contributed by atoms with Gasteiger partial charge in [0.15, 0.2) is 0 Å². The number of nitrogens with zero attached hydrogens (tertiary/aromatic N) is 2. The molecule has 1 aromatic carbocycles. The molecule has 0 aliphatic heterocycles. The van der Waals surface area contributed by atoms with Gasteiger partial charge in [0, 0.05) is 44.5 Å². The molecular weight excluding hydrogens is 246 g/mol. The number of benzene rings is 1. The number of rotatable bonds is 8. The van der Waals surface area contributed by atoms with Crippen LogP contribution in [0.2, 0.25) is 0 Å². The van der Waals surface area contributed by atoms with Crippen LogP contribution in [-0.4, -0.2) is 36.6 Å². The molecule has 3 nitrogen and oxygen atoms in total. The monoisotopic (exact) mass is 269 g/mol. The van der Waals surface area contributed by atoms with Gasteiger partial charge in [-0.15, -0.1) is 0 Å². The van der Waals surface area contributed by atoms with E-state index in [1.54, 1.807) is 0 Å². The standard InChI is InChI=1S/C17H23N3/c1-20(13-10-17-9-5-6-11-19-17)14-12-18-15-16-7-3-2-4-8-16/h2-9,11,18H,10,12-15H2,1H3. The Kier molecular flexibility index (Phi) is 6.21. The predicted octanol–water partition coefficient (Wildman–Crippen LogP) is 2.35. The molecule has 3 heteroatoms. The second kappa shape index (κ2) is 8.46. The van der Waals surface area contributed by atoms with Crippen LogP contribution in [-0.2, 0) is 13.0 Å². The van der Waals surface area contributed by atoms with Crippen molar-refractivity contribution in [1.29, 1.82) is 0 Å². The molecule has 0 radical (unpaired) electrons. The Morgan fingerprint density at radius 1 is 1.00 bits per heavy atom. The van der Waals surface area contributed by atoms with Gasteiger partial charge in [0.05, 0.1) is 0 Å². The van der Waals surface area contributed by atoms with E-state index >= 15 is 0 Å². The van der Waals surface area contributed by atoms with Crippen LogP contribution in [0.3, 0.4) is 0 Å². The predicted molar refractivity (Wildman–Crippen MR) is 83.6 cm³/mol. The molecule has 0 spiro atoms. The van der Waals surface area contributed by atoms with Gasteiger partial charge in [0.2, 0.25) is 0 Å². The largest absolute Gasteiger partial charge is 0.311 e. The minimum atomic E-state index is 0.939. The van der Waals surface area contributed by atoms with E-state index in [4.69, 9.17) is 0 Å². The third-order valence-corrected chi connectivity index (χ3v) is 3.32.